The average molecular weight is 628 g/mol. The summed E-state index contributed by atoms with van der Waals surface area (Å²) < 4.78 is 16.2. The molecule has 4 bridgehead atoms. The van der Waals surface area contributed by atoms with Crippen LogP contribution in [0.15, 0.2) is 30.3 Å². The predicted octanol–water partition coefficient (Wildman–Crippen LogP) is 4.56. The SMILES string of the molecule is COc1cc(C(=O)N2[C@H]3CC[C@@H]2[C@H](N)C3)cc2nc(-c3cc4ccc5nc4n3CC(C)(C)[C@H](C)COCCC(=O)N[C@@H]5C)n(C)c12. The minimum absolute atomic E-state index is 0.00831. The lowest BCUT2D eigenvalue weighted by Crippen LogP contribution is -2.40. The van der Waals surface area contributed by atoms with Gasteiger partial charge in [-0.25, -0.2) is 9.97 Å². The molecule has 0 aliphatic carbocycles. The highest BCUT2D eigenvalue weighted by molar-refractivity contribution is 6.00. The molecule has 244 valence electrons. The molecule has 3 aliphatic rings. The van der Waals surface area contributed by atoms with Crippen LogP contribution in [0.4, 0.5) is 0 Å². The van der Waals surface area contributed by atoms with E-state index in [-0.39, 0.29) is 47.3 Å². The van der Waals surface area contributed by atoms with Crippen LogP contribution in [-0.4, -0.2) is 74.3 Å². The van der Waals surface area contributed by atoms with Gasteiger partial charge in [-0.1, -0.05) is 20.8 Å². The first-order valence-electron chi connectivity index (χ1n) is 16.5. The zero-order chi connectivity index (χ0) is 32.5. The van der Waals surface area contributed by atoms with Crippen LogP contribution in [0.2, 0.25) is 0 Å². The molecular weight excluding hydrogens is 582 g/mol. The maximum absolute atomic E-state index is 13.9. The number of carbonyl (C=O) groups excluding carboxylic acids is 2. The number of aryl methyl sites for hydroxylation is 1. The number of hydrogen-bond acceptors (Lipinski definition) is 7. The van der Waals surface area contributed by atoms with Crippen molar-refractivity contribution in [3.63, 3.8) is 0 Å². The van der Waals surface area contributed by atoms with Crippen LogP contribution in [0.1, 0.15) is 75.5 Å². The second kappa shape index (κ2) is 11.4. The number of amides is 2. The molecule has 2 amide bonds. The van der Waals surface area contributed by atoms with E-state index in [1.807, 2.05) is 41.6 Å². The van der Waals surface area contributed by atoms with Crippen LogP contribution in [0.5, 0.6) is 5.75 Å². The molecule has 11 heteroatoms. The van der Waals surface area contributed by atoms with Gasteiger partial charge < -0.3 is 34.6 Å². The summed E-state index contributed by atoms with van der Waals surface area (Å²) in [5.74, 6) is 1.50. The molecule has 3 aliphatic heterocycles. The van der Waals surface area contributed by atoms with Crippen molar-refractivity contribution in [1.82, 2.24) is 29.3 Å². The van der Waals surface area contributed by atoms with Gasteiger partial charge in [0.1, 0.15) is 16.9 Å². The topological polar surface area (TPSA) is 130 Å². The van der Waals surface area contributed by atoms with Crippen molar-refractivity contribution in [1.29, 1.82) is 0 Å². The Bertz CT molecular complexity index is 1840. The lowest BCUT2D eigenvalue weighted by molar-refractivity contribution is -0.123. The molecule has 4 aromatic rings. The van der Waals surface area contributed by atoms with E-state index < -0.39 is 0 Å². The Morgan fingerprint density at radius 1 is 1.15 bits per heavy atom. The summed E-state index contributed by atoms with van der Waals surface area (Å²) in [4.78, 5) is 38.8. The third-order valence-corrected chi connectivity index (χ3v) is 10.8. The van der Waals surface area contributed by atoms with Crippen molar-refractivity contribution in [2.24, 2.45) is 24.1 Å². The molecule has 0 radical (unpaired) electrons. The van der Waals surface area contributed by atoms with Gasteiger partial charge >= 0.3 is 0 Å². The number of aromatic nitrogens is 4. The van der Waals surface area contributed by atoms with Gasteiger partial charge in [0.05, 0.1) is 36.7 Å². The van der Waals surface area contributed by atoms with Crippen molar-refractivity contribution in [3.8, 4) is 17.3 Å². The highest BCUT2D eigenvalue weighted by Gasteiger charge is 2.47. The first-order chi connectivity index (χ1) is 22.0. The fraction of sp³-hybridized carbons (Fsp3) is 0.543. The molecule has 11 nitrogen and oxygen atoms in total. The number of carbonyl (C=O) groups is 2. The third-order valence-electron chi connectivity index (χ3n) is 10.8. The van der Waals surface area contributed by atoms with Crippen molar-refractivity contribution < 1.29 is 19.1 Å². The highest BCUT2D eigenvalue weighted by atomic mass is 16.5. The van der Waals surface area contributed by atoms with E-state index in [1.165, 1.54) is 0 Å². The summed E-state index contributed by atoms with van der Waals surface area (Å²) in [5.41, 5.74) is 10.8. The summed E-state index contributed by atoms with van der Waals surface area (Å²) in [6.07, 6.45) is 3.13. The second-order valence-electron chi connectivity index (χ2n) is 14.2. The van der Waals surface area contributed by atoms with Crippen LogP contribution in [-0.2, 0) is 23.1 Å². The number of imidazole rings is 1. The number of hydrogen-bond donors (Lipinski definition) is 2. The Balaban J connectivity index is 1.36. The summed E-state index contributed by atoms with van der Waals surface area (Å²) in [6, 6.07) is 9.98. The molecule has 1 aromatic carbocycles. The smallest absolute Gasteiger partial charge is 0.254 e. The quantitative estimate of drug-likeness (QED) is 0.341. The molecule has 0 spiro atoms. The van der Waals surface area contributed by atoms with Gasteiger partial charge in [0.15, 0.2) is 5.82 Å². The van der Waals surface area contributed by atoms with E-state index in [4.69, 9.17) is 25.2 Å². The predicted molar refractivity (Wildman–Crippen MR) is 177 cm³/mol. The molecule has 3 aromatic heterocycles. The largest absolute Gasteiger partial charge is 0.494 e. The summed E-state index contributed by atoms with van der Waals surface area (Å²) in [7, 11) is 3.62. The van der Waals surface area contributed by atoms with Gasteiger partial charge in [-0.2, -0.15) is 0 Å². The Labute approximate surface area is 269 Å². The number of nitrogens with zero attached hydrogens (tertiary/aromatic N) is 5. The van der Waals surface area contributed by atoms with Crippen molar-refractivity contribution in [2.45, 2.75) is 84.1 Å². The first kappa shape index (κ1) is 30.7. The lowest BCUT2D eigenvalue weighted by Gasteiger charge is -2.33. The van der Waals surface area contributed by atoms with Crippen molar-refractivity contribution in [3.05, 3.63) is 41.6 Å². The normalized spacial score (nSPS) is 26.5. The molecule has 7 rings (SSSR count). The number of methoxy groups -OCH3 is 1. The van der Waals surface area contributed by atoms with Crippen LogP contribution >= 0.6 is 0 Å². The zero-order valence-electron chi connectivity index (χ0n) is 27.7. The third kappa shape index (κ3) is 5.04. The molecular formula is C35H45N7O4. The minimum Gasteiger partial charge on any atom is -0.494 e. The monoisotopic (exact) mass is 627 g/mol. The molecule has 0 unspecified atom stereocenters. The number of rotatable bonds is 3. The van der Waals surface area contributed by atoms with E-state index in [1.54, 1.807) is 7.11 Å². The number of fused-ring (bicyclic) bond motifs is 4. The summed E-state index contributed by atoms with van der Waals surface area (Å²) in [6.45, 7) is 10.2. The first-order valence-corrected chi connectivity index (χ1v) is 16.5. The van der Waals surface area contributed by atoms with E-state index in [0.717, 1.165) is 53.0 Å². The number of pyridine rings is 1. The Morgan fingerprint density at radius 2 is 1.96 bits per heavy atom. The maximum Gasteiger partial charge on any atom is 0.254 e. The fourth-order valence-corrected chi connectivity index (χ4v) is 7.65. The van der Waals surface area contributed by atoms with Crippen LogP contribution < -0.4 is 15.8 Å². The molecule has 2 saturated heterocycles. The van der Waals surface area contributed by atoms with E-state index in [9.17, 15) is 9.59 Å². The molecule has 2 fully saturated rings. The zero-order valence-corrected chi connectivity index (χ0v) is 27.7. The summed E-state index contributed by atoms with van der Waals surface area (Å²) in [5, 5.41) is 4.05. The van der Waals surface area contributed by atoms with Gasteiger partial charge in [0.2, 0.25) is 5.91 Å². The van der Waals surface area contributed by atoms with E-state index >= 15 is 0 Å². The van der Waals surface area contributed by atoms with Gasteiger partial charge in [-0.05, 0) is 67.9 Å². The van der Waals surface area contributed by atoms with Crippen LogP contribution in [0, 0.1) is 11.3 Å². The number of nitrogens with one attached hydrogen (secondary N) is 1. The van der Waals surface area contributed by atoms with E-state index in [2.05, 4.69) is 42.8 Å². The van der Waals surface area contributed by atoms with Gasteiger partial charge in [0.25, 0.3) is 5.91 Å². The molecule has 5 atom stereocenters. The maximum atomic E-state index is 13.9. The van der Waals surface area contributed by atoms with Crippen LogP contribution in [0.25, 0.3) is 33.6 Å². The molecule has 0 saturated carbocycles. The minimum atomic E-state index is -0.255. The van der Waals surface area contributed by atoms with Crippen molar-refractivity contribution >= 4 is 33.9 Å². The van der Waals surface area contributed by atoms with Crippen molar-refractivity contribution in [2.75, 3.05) is 20.3 Å². The van der Waals surface area contributed by atoms with Crippen LogP contribution in [0.3, 0.4) is 0 Å². The molecule has 3 N–H and O–H groups in total. The molecule has 46 heavy (non-hydrogen) atoms. The number of ether oxygens (including phenoxy) is 2. The lowest BCUT2D eigenvalue weighted by atomic mass is 9.80. The Morgan fingerprint density at radius 3 is 2.67 bits per heavy atom. The Kier molecular flexibility index (Phi) is 7.59. The van der Waals surface area contributed by atoms with Gasteiger partial charge in [-0.3, -0.25) is 9.59 Å². The number of benzene rings is 1. The second-order valence-corrected chi connectivity index (χ2v) is 14.2. The number of nitrogens with two attached hydrogens (primary N) is 1. The van der Waals surface area contributed by atoms with E-state index in [0.29, 0.717) is 43.0 Å². The Hall–Kier alpha value is -3.96. The molecule has 6 heterocycles. The summed E-state index contributed by atoms with van der Waals surface area (Å²) >= 11 is 0. The fourth-order valence-electron chi connectivity index (χ4n) is 7.65. The van der Waals surface area contributed by atoms with Gasteiger partial charge in [0, 0.05) is 55.7 Å². The highest BCUT2D eigenvalue weighted by Crippen LogP contribution is 2.40. The van der Waals surface area contributed by atoms with Gasteiger partial charge in [-0.15, -0.1) is 0 Å². The standard InChI is InChI=1S/C35H45N7O4/c1-19-17-46-12-11-30(43)37-20(2)25-9-7-21-14-28(41(32(21)38-25)18-35(19,3)4)33-39-26-13-22(15-29(45-6)31(26)40(33)5)34(44)42-23-8-10-27(42)24(36)16-23/h7,9,13-15,19-20,23-24,27H,8,10-12,16-18,36H2,1-6H3,(H,37,43)/t19-,20-,23+,24-,27-/m1/s1. The average Bonchev–Trinajstić information content (AvgIpc) is 3.77.